The number of carboxylic acids is 1. The summed E-state index contributed by atoms with van der Waals surface area (Å²) < 4.78 is 0. The lowest BCUT2D eigenvalue weighted by molar-refractivity contribution is -0.131. The first-order valence-electron chi connectivity index (χ1n) is 5.84. The van der Waals surface area contributed by atoms with Crippen LogP contribution in [0, 0.1) is 0 Å². The molecule has 0 aliphatic carbocycles. The Bertz CT molecular complexity index is 636. The Kier molecular flexibility index (Phi) is 4.62. The molecular formula is C14H12N2O3S. The first-order chi connectivity index (χ1) is 9.63. The maximum Gasteiger partial charge on any atom is 0.328 e. The van der Waals surface area contributed by atoms with Gasteiger partial charge in [-0.05, 0) is 29.7 Å². The second-order valence-electron chi connectivity index (χ2n) is 3.92. The summed E-state index contributed by atoms with van der Waals surface area (Å²) in [5, 5.41) is 13.1. The number of thiophene rings is 1. The fourth-order valence-electron chi connectivity index (χ4n) is 1.53. The van der Waals surface area contributed by atoms with Crippen LogP contribution >= 0.6 is 11.3 Å². The molecule has 20 heavy (non-hydrogen) atoms. The molecule has 0 spiro atoms. The van der Waals surface area contributed by atoms with Gasteiger partial charge in [0.1, 0.15) is 5.82 Å². The Morgan fingerprint density at radius 2 is 2.15 bits per heavy atom. The van der Waals surface area contributed by atoms with E-state index in [9.17, 15) is 9.59 Å². The number of anilines is 1. The molecule has 0 radical (unpaired) electrons. The summed E-state index contributed by atoms with van der Waals surface area (Å²) in [7, 11) is 0. The highest BCUT2D eigenvalue weighted by Gasteiger charge is 2.05. The molecule has 2 rings (SSSR count). The highest BCUT2D eigenvalue weighted by Crippen LogP contribution is 2.11. The quantitative estimate of drug-likeness (QED) is 0.828. The molecule has 0 saturated heterocycles. The molecule has 0 aromatic carbocycles. The lowest BCUT2D eigenvalue weighted by Gasteiger charge is -2.04. The molecule has 0 saturated carbocycles. The largest absolute Gasteiger partial charge is 0.478 e. The Balaban J connectivity index is 2.00. The van der Waals surface area contributed by atoms with Crippen LogP contribution in [0.2, 0.25) is 0 Å². The van der Waals surface area contributed by atoms with Crippen molar-refractivity contribution in [3.8, 4) is 0 Å². The number of nitrogens with one attached hydrogen (secondary N) is 1. The van der Waals surface area contributed by atoms with E-state index in [2.05, 4.69) is 10.3 Å². The zero-order valence-electron chi connectivity index (χ0n) is 10.4. The summed E-state index contributed by atoms with van der Waals surface area (Å²) in [6.07, 6.45) is 2.67. The molecule has 2 N–H and O–H groups in total. The van der Waals surface area contributed by atoms with Crippen molar-refractivity contribution in [3.63, 3.8) is 0 Å². The summed E-state index contributed by atoms with van der Waals surface area (Å²) in [5.74, 6) is -0.794. The van der Waals surface area contributed by atoms with Gasteiger partial charge in [-0.2, -0.15) is 0 Å². The van der Waals surface area contributed by atoms with Crippen LogP contribution < -0.4 is 5.32 Å². The minimum atomic E-state index is -1.04. The topological polar surface area (TPSA) is 79.3 Å². The number of carboxylic acid groups (broad SMARTS) is 1. The standard InChI is InChI=1S/C14H12N2O3S/c17-13(9-11-4-2-8-20-11)16-12-5-1-3-10(15-12)6-7-14(18)19/h1-8H,9H2,(H,18,19)(H,15,16,17). The molecule has 0 bridgehead atoms. The fraction of sp³-hybridized carbons (Fsp3) is 0.0714. The molecule has 2 aromatic heterocycles. The number of hydrogen-bond acceptors (Lipinski definition) is 4. The average molecular weight is 288 g/mol. The minimum Gasteiger partial charge on any atom is -0.478 e. The van der Waals surface area contributed by atoms with Crippen LogP contribution in [0.4, 0.5) is 5.82 Å². The summed E-state index contributed by atoms with van der Waals surface area (Å²) in [6.45, 7) is 0. The van der Waals surface area contributed by atoms with Gasteiger partial charge in [-0.3, -0.25) is 4.79 Å². The molecule has 0 aliphatic rings. The van der Waals surface area contributed by atoms with Crippen molar-refractivity contribution < 1.29 is 14.7 Å². The van der Waals surface area contributed by atoms with Gasteiger partial charge in [0.05, 0.1) is 12.1 Å². The van der Waals surface area contributed by atoms with Crippen LogP contribution in [0.3, 0.4) is 0 Å². The lowest BCUT2D eigenvalue weighted by Crippen LogP contribution is -2.14. The molecule has 5 nitrogen and oxygen atoms in total. The first kappa shape index (κ1) is 14.0. The third-order valence-electron chi connectivity index (χ3n) is 2.35. The average Bonchev–Trinajstić information content (AvgIpc) is 2.89. The van der Waals surface area contributed by atoms with Gasteiger partial charge in [-0.25, -0.2) is 9.78 Å². The smallest absolute Gasteiger partial charge is 0.328 e. The van der Waals surface area contributed by atoms with Gasteiger partial charge in [0, 0.05) is 11.0 Å². The van der Waals surface area contributed by atoms with Crippen molar-refractivity contribution >= 4 is 35.1 Å². The van der Waals surface area contributed by atoms with Crippen molar-refractivity contribution in [1.29, 1.82) is 0 Å². The zero-order chi connectivity index (χ0) is 14.4. The monoisotopic (exact) mass is 288 g/mol. The fourth-order valence-corrected chi connectivity index (χ4v) is 2.23. The van der Waals surface area contributed by atoms with Gasteiger partial charge in [0.25, 0.3) is 0 Å². The number of amides is 1. The normalized spacial score (nSPS) is 10.6. The van der Waals surface area contributed by atoms with Crippen LogP contribution in [0.15, 0.2) is 41.8 Å². The summed E-state index contributed by atoms with van der Waals surface area (Å²) in [5.41, 5.74) is 0.473. The molecule has 102 valence electrons. The van der Waals surface area contributed by atoms with E-state index >= 15 is 0 Å². The molecule has 1 amide bonds. The minimum absolute atomic E-state index is 0.153. The Morgan fingerprint density at radius 1 is 1.30 bits per heavy atom. The molecule has 0 unspecified atom stereocenters. The van der Waals surface area contributed by atoms with Crippen molar-refractivity contribution in [2.75, 3.05) is 5.32 Å². The molecule has 2 aromatic rings. The van der Waals surface area contributed by atoms with Crippen molar-refractivity contribution in [1.82, 2.24) is 4.98 Å². The number of carbonyl (C=O) groups excluding carboxylic acids is 1. The van der Waals surface area contributed by atoms with Gasteiger partial charge in [0.2, 0.25) is 5.91 Å². The molecule has 0 atom stereocenters. The molecule has 6 heteroatoms. The van der Waals surface area contributed by atoms with Crippen molar-refractivity contribution in [2.45, 2.75) is 6.42 Å². The number of aliphatic carboxylic acids is 1. The van der Waals surface area contributed by atoms with Gasteiger partial charge in [0.15, 0.2) is 0 Å². The second-order valence-corrected chi connectivity index (χ2v) is 4.96. The van der Waals surface area contributed by atoms with Gasteiger partial charge in [-0.15, -0.1) is 11.3 Å². The van der Waals surface area contributed by atoms with Crippen molar-refractivity contribution in [2.24, 2.45) is 0 Å². The second kappa shape index (κ2) is 6.63. The highest BCUT2D eigenvalue weighted by atomic mass is 32.1. The Hall–Kier alpha value is -2.47. The lowest BCUT2D eigenvalue weighted by atomic mass is 10.3. The predicted molar refractivity (Wildman–Crippen MR) is 77.6 cm³/mol. The highest BCUT2D eigenvalue weighted by molar-refractivity contribution is 7.10. The van der Waals surface area contributed by atoms with E-state index in [1.165, 1.54) is 17.4 Å². The zero-order valence-corrected chi connectivity index (χ0v) is 11.3. The van der Waals surface area contributed by atoms with E-state index in [0.717, 1.165) is 11.0 Å². The van der Waals surface area contributed by atoms with Crippen LogP contribution in [0.5, 0.6) is 0 Å². The van der Waals surface area contributed by atoms with E-state index in [1.54, 1.807) is 18.2 Å². The number of nitrogens with zero attached hydrogens (tertiary/aromatic N) is 1. The summed E-state index contributed by atoms with van der Waals surface area (Å²) in [6, 6.07) is 8.81. The predicted octanol–water partition coefficient (Wildman–Crippen LogP) is 2.42. The number of hydrogen-bond donors (Lipinski definition) is 2. The molecular weight excluding hydrogens is 276 g/mol. The third kappa shape index (κ3) is 4.33. The van der Waals surface area contributed by atoms with Crippen molar-refractivity contribution in [3.05, 3.63) is 52.4 Å². The van der Waals surface area contributed by atoms with Crippen LogP contribution in [-0.2, 0) is 16.0 Å². The van der Waals surface area contributed by atoms with Gasteiger partial charge < -0.3 is 10.4 Å². The maximum atomic E-state index is 11.8. The first-order valence-corrected chi connectivity index (χ1v) is 6.72. The van der Waals surface area contributed by atoms with E-state index in [1.807, 2.05) is 17.5 Å². The van der Waals surface area contributed by atoms with Crippen LogP contribution in [0.25, 0.3) is 6.08 Å². The Labute approximate surface area is 119 Å². The number of carbonyl (C=O) groups is 2. The maximum absolute atomic E-state index is 11.8. The number of pyridine rings is 1. The van der Waals surface area contributed by atoms with E-state index in [4.69, 9.17) is 5.11 Å². The van der Waals surface area contributed by atoms with Gasteiger partial charge >= 0.3 is 5.97 Å². The molecule has 0 aliphatic heterocycles. The SMILES string of the molecule is O=C(O)C=Cc1cccc(NC(=O)Cc2cccs2)n1. The van der Waals surface area contributed by atoms with Gasteiger partial charge in [-0.1, -0.05) is 12.1 Å². The number of aromatic nitrogens is 1. The summed E-state index contributed by atoms with van der Waals surface area (Å²) in [4.78, 5) is 27.3. The third-order valence-corrected chi connectivity index (χ3v) is 3.23. The Morgan fingerprint density at radius 3 is 2.85 bits per heavy atom. The van der Waals surface area contributed by atoms with Crippen LogP contribution in [0.1, 0.15) is 10.6 Å². The molecule has 2 heterocycles. The molecule has 0 fully saturated rings. The number of rotatable bonds is 5. The summed E-state index contributed by atoms with van der Waals surface area (Å²) >= 11 is 1.52. The van der Waals surface area contributed by atoms with E-state index in [-0.39, 0.29) is 5.91 Å². The van der Waals surface area contributed by atoms with E-state index in [0.29, 0.717) is 17.9 Å². The van der Waals surface area contributed by atoms with Crippen LogP contribution in [-0.4, -0.2) is 22.0 Å². The van der Waals surface area contributed by atoms with E-state index < -0.39 is 5.97 Å².